The third-order valence-electron chi connectivity index (χ3n) is 2.45. The summed E-state index contributed by atoms with van der Waals surface area (Å²) >= 11 is 0. The van der Waals surface area contributed by atoms with E-state index in [4.69, 9.17) is 10.5 Å². The van der Waals surface area contributed by atoms with Crippen LogP contribution in [0, 0.1) is 0 Å². The van der Waals surface area contributed by atoms with Gasteiger partial charge in [-0.1, -0.05) is 0 Å². The molecule has 1 atom stereocenters. The maximum absolute atomic E-state index is 11.8. The third kappa shape index (κ3) is 2.80. The number of likely N-dealkylation sites (N-methyl/N-ethyl adjacent to an activating group) is 1. The Labute approximate surface area is 95.0 Å². The van der Waals surface area contributed by atoms with Gasteiger partial charge in [-0.05, 0) is 0 Å². The van der Waals surface area contributed by atoms with Crippen LogP contribution < -0.4 is 5.73 Å². The van der Waals surface area contributed by atoms with Crippen LogP contribution in [0.3, 0.4) is 0 Å². The summed E-state index contributed by atoms with van der Waals surface area (Å²) in [4.78, 5) is 17.5. The average molecular weight is 226 g/mol. The van der Waals surface area contributed by atoms with E-state index in [2.05, 4.69) is 4.98 Å². The van der Waals surface area contributed by atoms with Gasteiger partial charge in [-0.2, -0.15) is 0 Å². The van der Waals surface area contributed by atoms with E-state index >= 15 is 0 Å². The lowest BCUT2D eigenvalue weighted by molar-refractivity contribution is -0.140. The molecule has 0 radical (unpaired) electrons. The molecule has 0 saturated carbocycles. The van der Waals surface area contributed by atoms with Crippen molar-refractivity contribution in [1.29, 1.82) is 0 Å². The predicted molar refractivity (Wildman–Crippen MR) is 59.5 cm³/mol. The van der Waals surface area contributed by atoms with Crippen molar-refractivity contribution in [2.24, 2.45) is 12.8 Å². The van der Waals surface area contributed by atoms with Crippen LogP contribution in [0.1, 0.15) is 5.82 Å². The number of nitrogens with two attached hydrogens (primary N) is 1. The number of amides is 1. The van der Waals surface area contributed by atoms with E-state index in [1.807, 2.05) is 17.8 Å². The molecule has 6 nitrogen and oxygen atoms in total. The summed E-state index contributed by atoms with van der Waals surface area (Å²) in [5.74, 6) is 0.690. The third-order valence-corrected chi connectivity index (χ3v) is 2.45. The van der Waals surface area contributed by atoms with Gasteiger partial charge < -0.3 is 19.9 Å². The second-order valence-electron chi connectivity index (χ2n) is 3.61. The molecule has 1 rings (SSSR count). The van der Waals surface area contributed by atoms with Crippen molar-refractivity contribution in [3.05, 3.63) is 18.2 Å². The van der Waals surface area contributed by atoms with Crippen molar-refractivity contribution < 1.29 is 9.53 Å². The quantitative estimate of drug-likeness (QED) is 0.724. The first kappa shape index (κ1) is 12.7. The Bertz CT molecular complexity index is 346. The van der Waals surface area contributed by atoms with E-state index in [0.29, 0.717) is 6.54 Å². The second-order valence-corrected chi connectivity index (χ2v) is 3.61. The van der Waals surface area contributed by atoms with E-state index in [0.717, 1.165) is 5.82 Å². The topological polar surface area (TPSA) is 73.4 Å². The van der Waals surface area contributed by atoms with Crippen molar-refractivity contribution in [3.8, 4) is 0 Å². The molecule has 6 heteroatoms. The normalized spacial score (nSPS) is 12.5. The van der Waals surface area contributed by atoms with Crippen molar-refractivity contribution >= 4 is 5.91 Å². The number of nitrogens with zero attached hydrogens (tertiary/aromatic N) is 3. The van der Waals surface area contributed by atoms with Crippen LogP contribution in [0.15, 0.2) is 12.4 Å². The zero-order valence-electron chi connectivity index (χ0n) is 9.88. The first-order chi connectivity index (χ1) is 7.60. The first-order valence-corrected chi connectivity index (χ1v) is 5.04. The molecule has 1 aromatic rings. The second kappa shape index (κ2) is 5.62. The molecule has 0 aliphatic heterocycles. The Balaban J connectivity index is 2.62. The number of hydrogen-bond acceptors (Lipinski definition) is 4. The van der Waals surface area contributed by atoms with E-state index in [9.17, 15) is 4.79 Å². The molecular formula is C10H18N4O2. The highest BCUT2D eigenvalue weighted by atomic mass is 16.5. The molecule has 0 aromatic carbocycles. The minimum atomic E-state index is -0.578. The fourth-order valence-electron chi connectivity index (χ4n) is 1.38. The first-order valence-electron chi connectivity index (χ1n) is 5.04. The predicted octanol–water partition coefficient (Wildman–Crippen LogP) is -0.648. The molecule has 1 heterocycles. The lowest BCUT2D eigenvalue weighted by Gasteiger charge is -2.21. The Kier molecular flexibility index (Phi) is 4.45. The molecule has 2 N–H and O–H groups in total. The molecular weight excluding hydrogens is 208 g/mol. The number of aromatic nitrogens is 2. The highest BCUT2D eigenvalue weighted by Gasteiger charge is 2.20. The summed E-state index contributed by atoms with van der Waals surface area (Å²) in [5, 5.41) is 0. The molecule has 16 heavy (non-hydrogen) atoms. The average Bonchev–Trinajstić information content (AvgIpc) is 2.66. The summed E-state index contributed by atoms with van der Waals surface area (Å²) in [6.45, 7) is 0.627. The monoisotopic (exact) mass is 226 g/mol. The standard InChI is InChI=1S/C10H18N4O2/c1-13-5-4-12-9(13)7-14(2)10(15)8(6-11)16-3/h4-5,8H,6-7,11H2,1-3H3. The number of rotatable bonds is 5. The molecule has 0 saturated heterocycles. The Morgan fingerprint density at radius 3 is 2.88 bits per heavy atom. The summed E-state index contributed by atoms with van der Waals surface area (Å²) in [5.41, 5.74) is 5.43. The minimum Gasteiger partial charge on any atom is -0.370 e. The Hall–Kier alpha value is -1.40. The molecule has 0 spiro atoms. The Morgan fingerprint density at radius 1 is 1.75 bits per heavy atom. The summed E-state index contributed by atoms with van der Waals surface area (Å²) in [7, 11) is 5.07. The minimum absolute atomic E-state index is 0.131. The molecule has 0 fully saturated rings. The zero-order valence-corrected chi connectivity index (χ0v) is 9.88. The number of imidazole rings is 1. The lowest BCUT2D eigenvalue weighted by Crippen LogP contribution is -2.41. The van der Waals surface area contributed by atoms with Crippen LogP contribution in [0.2, 0.25) is 0 Å². The van der Waals surface area contributed by atoms with Gasteiger partial charge in [-0.25, -0.2) is 4.98 Å². The molecule has 1 aromatic heterocycles. The van der Waals surface area contributed by atoms with E-state index < -0.39 is 6.10 Å². The van der Waals surface area contributed by atoms with Crippen molar-refractivity contribution in [3.63, 3.8) is 0 Å². The smallest absolute Gasteiger partial charge is 0.253 e. The summed E-state index contributed by atoms with van der Waals surface area (Å²) in [6, 6.07) is 0. The molecule has 0 aliphatic carbocycles. The highest BCUT2D eigenvalue weighted by molar-refractivity contribution is 5.80. The number of hydrogen-bond donors (Lipinski definition) is 1. The van der Waals surface area contributed by atoms with Gasteiger partial charge >= 0.3 is 0 Å². The van der Waals surface area contributed by atoms with Crippen LogP contribution in [0.5, 0.6) is 0 Å². The number of methoxy groups -OCH3 is 1. The number of ether oxygens (including phenoxy) is 1. The van der Waals surface area contributed by atoms with Gasteiger partial charge in [0, 0.05) is 40.1 Å². The lowest BCUT2D eigenvalue weighted by atomic mass is 10.3. The number of carbonyl (C=O) groups excluding carboxylic acids is 1. The van der Waals surface area contributed by atoms with Gasteiger partial charge in [0.2, 0.25) is 0 Å². The number of aryl methyl sites for hydroxylation is 1. The van der Waals surface area contributed by atoms with Crippen molar-refractivity contribution in [2.45, 2.75) is 12.6 Å². The van der Waals surface area contributed by atoms with Crippen molar-refractivity contribution in [2.75, 3.05) is 20.7 Å². The van der Waals surface area contributed by atoms with Gasteiger partial charge in [-0.3, -0.25) is 4.79 Å². The largest absolute Gasteiger partial charge is 0.370 e. The fourth-order valence-corrected chi connectivity index (χ4v) is 1.38. The maximum atomic E-state index is 11.8. The van der Waals surface area contributed by atoms with Gasteiger partial charge in [0.05, 0.1) is 6.54 Å². The van der Waals surface area contributed by atoms with Gasteiger partial charge in [-0.15, -0.1) is 0 Å². The van der Waals surface area contributed by atoms with Gasteiger partial charge in [0.15, 0.2) is 0 Å². The van der Waals surface area contributed by atoms with Crippen LogP contribution in [0.4, 0.5) is 0 Å². The van der Waals surface area contributed by atoms with Crippen molar-refractivity contribution in [1.82, 2.24) is 14.5 Å². The fraction of sp³-hybridized carbons (Fsp3) is 0.600. The van der Waals surface area contributed by atoms with E-state index in [-0.39, 0.29) is 12.5 Å². The van der Waals surface area contributed by atoms with Gasteiger partial charge in [0.25, 0.3) is 5.91 Å². The molecule has 1 amide bonds. The summed E-state index contributed by atoms with van der Waals surface area (Å²) < 4.78 is 6.86. The van der Waals surface area contributed by atoms with Gasteiger partial charge in [0.1, 0.15) is 11.9 Å². The molecule has 1 unspecified atom stereocenters. The maximum Gasteiger partial charge on any atom is 0.253 e. The van der Waals surface area contributed by atoms with Crippen LogP contribution in [0.25, 0.3) is 0 Å². The molecule has 90 valence electrons. The van der Waals surface area contributed by atoms with Crippen LogP contribution in [-0.2, 0) is 23.1 Å². The molecule has 0 aliphatic rings. The van der Waals surface area contributed by atoms with Crippen LogP contribution >= 0.6 is 0 Å². The Morgan fingerprint density at radius 2 is 2.44 bits per heavy atom. The SMILES string of the molecule is COC(CN)C(=O)N(C)Cc1nccn1C. The zero-order chi connectivity index (χ0) is 12.1. The van der Waals surface area contributed by atoms with E-state index in [1.165, 1.54) is 7.11 Å². The highest BCUT2D eigenvalue weighted by Crippen LogP contribution is 2.02. The number of carbonyl (C=O) groups is 1. The van der Waals surface area contributed by atoms with E-state index in [1.54, 1.807) is 18.1 Å². The molecule has 0 bridgehead atoms. The van der Waals surface area contributed by atoms with Crippen LogP contribution in [-0.4, -0.2) is 47.2 Å². The summed E-state index contributed by atoms with van der Waals surface area (Å²) in [6.07, 6.45) is 2.96.